The first-order valence-corrected chi connectivity index (χ1v) is 14.7. The zero-order valence-electron chi connectivity index (χ0n) is 22.7. The second kappa shape index (κ2) is 13.8. The molecule has 0 saturated heterocycles. The predicted octanol–water partition coefficient (Wildman–Crippen LogP) is 5.97. The Hall–Kier alpha value is -4.34. The van der Waals surface area contributed by atoms with Gasteiger partial charge in [0, 0.05) is 5.02 Å². The van der Waals surface area contributed by atoms with Crippen molar-refractivity contribution in [1.29, 1.82) is 0 Å². The third-order valence-corrected chi connectivity index (χ3v) is 7.93. The first-order chi connectivity index (χ1) is 19.8. The summed E-state index contributed by atoms with van der Waals surface area (Å²) in [5, 5.41) is 4.69. The molecule has 10 heteroatoms. The van der Waals surface area contributed by atoms with Gasteiger partial charge in [0.1, 0.15) is 13.2 Å². The highest BCUT2D eigenvalue weighted by atomic mass is 35.5. The van der Waals surface area contributed by atoms with Crippen LogP contribution in [0.3, 0.4) is 0 Å². The Labute approximate surface area is 245 Å². The molecule has 4 rings (SSSR count). The molecule has 0 fully saturated rings. The van der Waals surface area contributed by atoms with Gasteiger partial charge in [-0.15, -0.1) is 0 Å². The molecule has 0 atom stereocenters. The standard InChI is InChI=1S/C31H30ClN3O5S/c1-3-39-30-19-25(14-17-29(30)40-22-24-12-15-26(32)16-13-24)20-33-34-31(36)21-35(27-9-7-8-23(2)18-27)41(37,38)28-10-5-4-6-11-28/h4-20H,3,21-22H2,1-2H3,(H,34,36)/b33-20-. The maximum Gasteiger partial charge on any atom is 0.264 e. The summed E-state index contributed by atoms with van der Waals surface area (Å²) in [6.07, 6.45) is 1.45. The Morgan fingerprint density at radius 2 is 1.68 bits per heavy atom. The predicted molar refractivity (Wildman–Crippen MR) is 161 cm³/mol. The number of ether oxygens (including phenoxy) is 2. The third-order valence-electron chi connectivity index (χ3n) is 5.89. The van der Waals surface area contributed by atoms with Crippen LogP contribution in [-0.4, -0.2) is 33.7 Å². The number of hydrogen-bond donors (Lipinski definition) is 1. The van der Waals surface area contributed by atoms with Crippen molar-refractivity contribution < 1.29 is 22.7 Å². The number of carbonyl (C=O) groups is 1. The number of aryl methyl sites for hydroxylation is 1. The Morgan fingerprint density at radius 3 is 2.39 bits per heavy atom. The van der Waals surface area contributed by atoms with Crippen molar-refractivity contribution >= 4 is 39.4 Å². The van der Waals surface area contributed by atoms with Crippen LogP contribution in [-0.2, 0) is 21.4 Å². The molecule has 0 unspecified atom stereocenters. The molecule has 0 spiro atoms. The summed E-state index contributed by atoms with van der Waals surface area (Å²) in [6, 6.07) is 27.6. The minimum atomic E-state index is -4.00. The van der Waals surface area contributed by atoms with E-state index in [9.17, 15) is 13.2 Å². The highest BCUT2D eigenvalue weighted by Crippen LogP contribution is 2.29. The Morgan fingerprint density at radius 1 is 0.927 bits per heavy atom. The summed E-state index contributed by atoms with van der Waals surface area (Å²) < 4.78 is 39.6. The Bertz CT molecular complexity index is 1610. The number of nitrogens with one attached hydrogen (secondary N) is 1. The highest BCUT2D eigenvalue weighted by molar-refractivity contribution is 7.92. The maximum absolute atomic E-state index is 13.4. The van der Waals surface area contributed by atoms with Crippen molar-refractivity contribution in [2.24, 2.45) is 5.10 Å². The van der Waals surface area contributed by atoms with E-state index in [0.717, 1.165) is 15.4 Å². The smallest absolute Gasteiger partial charge is 0.264 e. The van der Waals surface area contributed by atoms with E-state index < -0.39 is 22.5 Å². The molecule has 4 aromatic rings. The topological polar surface area (TPSA) is 97.3 Å². The van der Waals surface area contributed by atoms with Crippen LogP contribution in [0.25, 0.3) is 0 Å². The second-order valence-electron chi connectivity index (χ2n) is 9.01. The van der Waals surface area contributed by atoms with Gasteiger partial charge in [-0.1, -0.05) is 54.1 Å². The van der Waals surface area contributed by atoms with Crippen LogP contribution in [0.15, 0.2) is 107 Å². The van der Waals surface area contributed by atoms with Gasteiger partial charge in [-0.05, 0) is 85.1 Å². The van der Waals surface area contributed by atoms with Crippen LogP contribution in [0.5, 0.6) is 11.5 Å². The molecule has 4 aromatic carbocycles. The zero-order chi connectivity index (χ0) is 29.2. The largest absolute Gasteiger partial charge is 0.490 e. The van der Waals surface area contributed by atoms with Gasteiger partial charge in [0.05, 0.1) is 23.4 Å². The fraction of sp³-hybridized carbons (Fsp3) is 0.161. The van der Waals surface area contributed by atoms with Crippen molar-refractivity contribution in [1.82, 2.24) is 5.43 Å². The molecule has 8 nitrogen and oxygen atoms in total. The van der Waals surface area contributed by atoms with E-state index in [1.165, 1.54) is 18.3 Å². The van der Waals surface area contributed by atoms with Gasteiger partial charge in [-0.3, -0.25) is 9.10 Å². The molecule has 0 saturated carbocycles. The minimum absolute atomic E-state index is 0.0830. The summed E-state index contributed by atoms with van der Waals surface area (Å²) >= 11 is 5.95. The number of halogens is 1. The molecule has 0 aliphatic rings. The van der Waals surface area contributed by atoms with Crippen LogP contribution >= 0.6 is 11.6 Å². The number of sulfonamides is 1. The van der Waals surface area contributed by atoms with Gasteiger partial charge < -0.3 is 9.47 Å². The zero-order valence-corrected chi connectivity index (χ0v) is 24.2. The quantitative estimate of drug-likeness (QED) is 0.162. The molecule has 0 bridgehead atoms. The third kappa shape index (κ3) is 8.09. The average molecular weight is 592 g/mol. The number of nitrogens with zero attached hydrogens (tertiary/aromatic N) is 2. The first kappa shape index (κ1) is 29.6. The van der Waals surface area contributed by atoms with Crippen molar-refractivity contribution in [3.8, 4) is 11.5 Å². The lowest BCUT2D eigenvalue weighted by molar-refractivity contribution is -0.119. The number of rotatable bonds is 12. The van der Waals surface area contributed by atoms with E-state index >= 15 is 0 Å². The highest BCUT2D eigenvalue weighted by Gasteiger charge is 2.27. The maximum atomic E-state index is 13.4. The van der Waals surface area contributed by atoms with Crippen LogP contribution < -0.4 is 19.2 Å². The lowest BCUT2D eigenvalue weighted by Crippen LogP contribution is -2.39. The number of hydrazone groups is 1. The number of hydrogen-bond acceptors (Lipinski definition) is 6. The van der Waals surface area contributed by atoms with Crippen molar-refractivity contribution in [2.45, 2.75) is 25.3 Å². The molecular formula is C31H30ClN3O5S. The van der Waals surface area contributed by atoms with E-state index in [2.05, 4.69) is 10.5 Å². The van der Waals surface area contributed by atoms with Gasteiger partial charge >= 0.3 is 0 Å². The molecule has 0 aliphatic heterocycles. The molecule has 1 N–H and O–H groups in total. The van der Waals surface area contributed by atoms with Gasteiger partial charge in [-0.25, -0.2) is 13.8 Å². The lowest BCUT2D eigenvalue weighted by atomic mass is 10.2. The molecule has 0 radical (unpaired) electrons. The molecular weight excluding hydrogens is 562 g/mol. The van der Waals surface area contributed by atoms with Gasteiger partial charge in [0.2, 0.25) is 0 Å². The normalized spacial score (nSPS) is 11.3. The van der Waals surface area contributed by atoms with Gasteiger partial charge in [-0.2, -0.15) is 5.10 Å². The molecule has 0 aliphatic carbocycles. The van der Waals surface area contributed by atoms with E-state index in [0.29, 0.717) is 41.0 Å². The second-order valence-corrected chi connectivity index (χ2v) is 11.3. The number of anilines is 1. The van der Waals surface area contributed by atoms with Crippen LogP contribution in [0.2, 0.25) is 5.02 Å². The van der Waals surface area contributed by atoms with Crippen LogP contribution in [0.1, 0.15) is 23.6 Å². The van der Waals surface area contributed by atoms with Crippen LogP contribution in [0, 0.1) is 6.92 Å². The lowest BCUT2D eigenvalue weighted by Gasteiger charge is -2.24. The molecule has 212 valence electrons. The van der Waals surface area contributed by atoms with E-state index in [1.54, 1.807) is 66.7 Å². The van der Waals surface area contributed by atoms with E-state index in [1.807, 2.05) is 32.0 Å². The summed E-state index contributed by atoms with van der Waals surface area (Å²) in [5.74, 6) is 0.481. The summed E-state index contributed by atoms with van der Waals surface area (Å²) in [6.45, 7) is 4.03. The molecule has 0 aromatic heterocycles. The first-order valence-electron chi connectivity index (χ1n) is 12.9. The summed E-state index contributed by atoms with van der Waals surface area (Å²) in [7, 11) is -4.00. The Balaban J connectivity index is 1.46. The van der Waals surface area contributed by atoms with Crippen LogP contribution in [0.4, 0.5) is 5.69 Å². The van der Waals surface area contributed by atoms with Gasteiger partial charge in [0.15, 0.2) is 11.5 Å². The van der Waals surface area contributed by atoms with Gasteiger partial charge in [0.25, 0.3) is 15.9 Å². The minimum Gasteiger partial charge on any atom is -0.490 e. The molecule has 0 heterocycles. The Kier molecular flexibility index (Phi) is 10.00. The van der Waals surface area contributed by atoms with E-state index in [4.69, 9.17) is 21.1 Å². The summed E-state index contributed by atoms with van der Waals surface area (Å²) in [5.41, 5.74) is 5.28. The number of benzene rings is 4. The van der Waals surface area contributed by atoms with Crippen molar-refractivity contribution in [2.75, 3.05) is 17.5 Å². The van der Waals surface area contributed by atoms with E-state index in [-0.39, 0.29) is 4.90 Å². The monoisotopic (exact) mass is 591 g/mol. The average Bonchev–Trinajstić information content (AvgIpc) is 2.97. The molecule has 41 heavy (non-hydrogen) atoms. The molecule has 1 amide bonds. The fourth-order valence-corrected chi connectivity index (χ4v) is 5.46. The number of carbonyl (C=O) groups excluding carboxylic acids is 1. The van der Waals surface area contributed by atoms with Crippen molar-refractivity contribution in [3.63, 3.8) is 0 Å². The summed E-state index contributed by atoms with van der Waals surface area (Å²) in [4.78, 5) is 12.9. The number of amides is 1. The fourth-order valence-electron chi connectivity index (χ4n) is 3.90. The SMILES string of the molecule is CCOc1cc(/C=N\NC(=O)CN(c2cccc(C)c2)S(=O)(=O)c2ccccc2)ccc1OCc1ccc(Cl)cc1. The van der Waals surface area contributed by atoms with Crippen molar-refractivity contribution in [3.05, 3.63) is 119 Å².